The summed E-state index contributed by atoms with van der Waals surface area (Å²) in [5.41, 5.74) is -0.392. The van der Waals surface area contributed by atoms with Crippen molar-refractivity contribution >= 4 is 16.9 Å². The molecule has 3 aliphatic rings. The molecule has 0 saturated carbocycles. The summed E-state index contributed by atoms with van der Waals surface area (Å²) < 4.78 is 12.0. The number of aliphatic hydroxyl groups is 2. The molecule has 7 rings (SSSR count). The minimum absolute atomic E-state index is 0.0342. The Hall–Kier alpha value is -4.22. The number of pyridine rings is 1. The van der Waals surface area contributed by atoms with Crippen molar-refractivity contribution < 1.29 is 29.6 Å². The summed E-state index contributed by atoms with van der Waals surface area (Å²) in [6.07, 6.45) is 3.66. The number of ether oxygens (including phenoxy) is 2. The zero-order chi connectivity index (χ0) is 32.8. The Morgan fingerprint density at radius 1 is 0.957 bits per heavy atom. The van der Waals surface area contributed by atoms with Crippen LogP contribution < -0.4 is 15.6 Å². The Morgan fingerprint density at radius 2 is 1.70 bits per heavy atom. The molecule has 0 radical (unpaired) electrons. The van der Waals surface area contributed by atoms with Crippen LogP contribution in [0.25, 0.3) is 10.9 Å². The molecule has 248 valence electrons. The number of piperidine rings is 3. The number of fused-ring (bicyclic) bond motifs is 4. The predicted molar refractivity (Wildman–Crippen MR) is 178 cm³/mol. The molecule has 1 aromatic heterocycles. The van der Waals surface area contributed by atoms with E-state index in [0.29, 0.717) is 65.5 Å². The van der Waals surface area contributed by atoms with Crippen LogP contribution in [0.2, 0.25) is 0 Å². The Balaban J connectivity index is 0.963. The monoisotopic (exact) mass is 641 g/mol. The number of nitrogens with zero attached hydrogens (tertiary/aromatic N) is 1. The fraction of sp³-hybridized carbons (Fsp3) is 0.405. The first-order chi connectivity index (χ1) is 22.8. The van der Waals surface area contributed by atoms with Gasteiger partial charge in [-0.2, -0.15) is 0 Å². The molecule has 4 heterocycles. The van der Waals surface area contributed by atoms with Crippen molar-refractivity contribution in [1.82, 2.24) is 15.2 Å². The van der Waals surface area contributed by atoms with E-state index in [1.54, 1.807) is 60.7 Å². The normalized spacial score (nSPS) is 20.9. The number of hydrogen-bond acceptors (Lipinski definition) is 9. The van der Waals surface area contributed by atoms with Crippen LogP contribution in [0.3, 0.4) is 0 Å². The largest absolute Gasteiger partial charge is 0.506 e. The molecule has 2 unspecified atom stereocenters. The zero-order valence-electron chi connectivity index (χ0n) is 26.4. The second-order valence-electron chi connectivity index (χ2n) is 12.6. The molecule has 0 amide bonds. The second-order valence-corrected chi connectivity index (χ2v) is 12.6. The van der Waals surface area contributed by atoms with Gasteiger partial charge in [-0.3, -0.25) is 9.69 Å². The second kappa shape index (κ2) is 14.7. The third kappa shape index (κ3) is 7.36. The standard InChI is InChI=1S/C37H43N3O7/c41-31-15-13-29(30-14-16-34(43)39-35(30)31)32(42)23-38-19-5-2-6-22-46-28-11-9-27(10-12-28)37(45,26-7-3-1-4-8-26)36(44)47-33-24-40-20-17-25(33)18-21-40/h1,3-4,7-16,25,32-33,38,41-42,45H,2,5-6,17-24H2,(H,39,43)/t32?,33-,37?/m0/s1. The molecule has 3 saturated heterocycles. The van der Waals surface area contributed by atoms with Crippen molar-refractivity contribution in [2.24, 2.45) is 5.92 Å². The van der Waals surface area contributed by atoms with Crippen molar-refractivity contribution in [1.29, 1.82) is 0 Å². The number of phenols is 1. The molecule has 3 aliphatic heterocycles. The van der Waals surface area contributed by atoms with Gasteiger partial charge in [0.05, 0.1) is 18.2 Å². The summed E-state index contributed by atoms with van der Waals surface area (Å²) in [6, 6.07) is 22.1. The van der Waals surface area contributed by atoms with Crippen LogP contribution in [0.5, 0.6) is 11.5 Å². The molecule has 10 nitrogen and oxygen atoms in total. The number of esters is 1. The van der Waals surface area contributed by atoms with E-state index in [1.165, 1.54) is 12.1 Å². The minimum Gasteiger partial charge on any atom is -0.506 e. The lowest BCUT2D eigenvalue weighted by atomic mass is 9.84. The number of benzene rings is 3. The van der Waals surface area contributed by atoms with Crippen LogP contribution in [-0.4, -0.2) is 76.6 Å². The highest BCUT2D eigenvalue weighted by Gasteiger charge is 2.45. The van der Waals surface area contributed by atoms with Crippen LogP contribution in [0.4, 0.5) is 0 Å². The predicted octanol–water partition coefficient (Wildman–Crippen LogP) is 3.98. The number of carbonyl (C=O) groups excluding carboxylic acids is 1. The maximum atomic E-state index is 13.6. The molecule has 3 aromatic carbocycles. The number of aromatic amines is 1. The zero-order valence-corrected chi connectivity index (χ0v) is 26.4. The van der Waals surface area contributed by atoms with Gasteiger partial charge >= 0.3 is 5.97 Å². The van der Waals surface area contributed by atoms with Crippen molar-refractivity contribution in [2.45, 2.75) is 49.9 Å². The van der Waals surface area contributed by atoms with E-state index in [-0.39, 0.29) is 17.4 Å². The fourth-order valence-corrected chi connectivity index (χ4v) is 6.76. The average Bonchev–Trinajstić information content (AvgIpc) is 3.10. The van der Waals surface area contributed by atoms with E-state index in [4.69, 9.17) is 9.47 Å². The van der Waals surface area contributed by atoms with Gasteiger partial charge in [0.1, 0.15) is 17.6 Å². The van der Waals surface area contributed by atoms with E-state index in [0.717, 1.165) is 45.2 Å². The molecule has 3 fully saturated rings. The lowest BCUT2D eigenvalue weighted by molar-refractivity contribution is -0.177. The number of rotatable bonds is 14. The van der Waals surface area contributed by atoms with E-state index >= 15 is 0 Å². The van der Waals surface area contributed by atoms with E-state index in [1.807, 2.05) is 6.07 Å². The Morgan fingerprint density at radius 3 is 2.43 bits per heavy atom. The molecule has 3 atom stereocenters. The minimum atomic E-state index is -1.93. The van der Waals surface area contributed by atoms with Gasteiger partial charge < -0.3 is 35.1 Å². The van der Waals surface area contributed by atoms with Gasteiger partial charge in [-0.05, 0) is 98.6 Å². The van der Waals surface area contributed by atoms with Gasteiger partial charge in [0.25, 0.3) is 0 Å². The smallest absolute Gasteiger partial charge is 0.348 e. The number of carbonyl (C=O) groups is 1. The number of H-pyrrole nitrogens is 1. The highest BCUT2D eigenvalue weighted by Crippen LogP contribution is 2.36. The average molecular weight is 642 g/mol. The summed E-state index contributed by atoms with van der Waals surface area (Å²) in [5.74, 6) is 0.305. The van der Waals surface area contributed by atoms with Gasteiger partial charge in [0.2, 0.25) is 11.2 Å². The number of aromatic hydroxyl groups is 1. The lowest BCUT2D eigenvalue weighted by Gasteiger charge is -2.44. The molecule has 0 spiro atoms. The number of hydrogen-bond donors (Lipinski definition) is 5. The topological polar surface area (TPSA) is 144 Å². The van der Waals surface area contributed by atoms with Gasteiger partial charge in [-0.25, -0.2) is 4.79 Å². The van der Waals surface area contributed by atoms with Crippen molar-refractivity contribution in [3.8, 4) is 11.5 Å². The van der Waals surface area contributed by atoms with E-state index in [2.05, 4.69) is 15.2 Å². The summed E-state index contributed by atoms with van der Waals surface area (Å²) in [6.45, 7) is 4.36. The van der Waals surface area contributed by atoms with Crippen LogP contribution in [0, 0.1) is 5.92 Å². The first kappa shape index (κ1) is 32.7. The lowest BCUT2D eigenvalue weighted by Crippen LogP contribution is -2.53. The Bertz CT molecular complexity index is 1700. The van der Waals surface area contributed by atoms with Crippen LogP contribution in [-0.2, 0) is 15.1 Å². The number of unbranched alkanes of at least 4 members (excludes halogenated alkanes) is 2. The van der Waals surface area contributed by atoms with Gasteiger partial charge in [-0.1, -0.05) is 48.5 Å². The van der Waals surface area contributed by atoms with Crippen molar-refractivity contribution in [3.05, 3.63) is 106 Å². The molecule has 0 aliphatic carbocycles. The number of aliphatic hydroxyl groups excluding tert-OH is 1. The third-order valence-electron chi connectivity index (χ3n) is 9.48. The summed E-state index contributed by atoms with van der Waals surface area (Å²) in [5, 5.41) is 36.6. The number of aromatic nitrogens is 1. The van der Waals surface area contributed by atoms with Crippen molar-refractivity contribution in [2.75, 3.05) is 39.3 Å². The van der Waals surface area contributed by atoms with Gasteiger partial charge in [0, 0.05) is 24.5 Å². The number of phenolic OH excluding ortho intramolecular Hbond substituents is 1. The van der Waals surface area contributed by atoms with E-state index in [9.17, 15) is 24.9 Å². The van der Waals surface area contributed by atoms with Crippen molar-refractivity contribution in [3.63, 3.8) is 0 Å². The molecular formula is C37H43N3O7. The highest BCUT2D eigenvalue weighted by atomic mass is 16.6. The van der Waals surface area contributed by atoms with Crippen LogP contribution >= 0.6 is 0 Å². The first-order valence-corrected chi connectivity index (χ1v) is 16.5. The maximum Gasteiger partial charge on any atom is 0.348 e. The molecule has 2 bridgehead atoms. The third-order valence-corrected chi connectivity index (χ3v) is 9.48. The van der Waals surface area contributed by atoms with Gasteiger partial charge in [-0.15, -0.1) is 0 Å². The molecule has 47 heavy (non-hydrogen) atoms. The summed E-state index contributed by atoms with van der Waals surface area (Å²) in [7, 11) is 0. The van der Waals surface area contributed by atoms with Gasteiger partial charge in [0.15, 0.2) is 0 Å². The molecule has 5 N–H and O–H groups in total. The summed E-state index contributed by atoms with van der Waals surface area (Å²) in [4.78, 5) is 30.2. The summed E-state index contributed by atoms with van der Waals surface area (Å²) >= 11 is 0. The fourth-order valence-electron chi connectivity index (χ4n) is 6.76. The van der Waals surface area contributed by atoms with Crippen LogP contribution in [0.15, 0.2) is 83.7 Å². The maximum absolute atomic E-state index is 13.6. The molecular weight excluding hydrogens is 598 g/mol. The first-order valence-electron chi connectivity index (χ1n) is 16.5. The van der Waals surface area contributed by atoms with E-state index < -0.39 is 17.7 Å². The Labute approximate surface area is 274 Å². The van der Waals surface area contributed by atoms with Crippen LogP contribution in [0.1, 0.15) is 54.9 Å². The molecule has 4 aromatic rings. The number of nitrogens with one attached hydrogen (secondary N) is 2. The quantitative estimate of drug-likeness (QED) is 0.102. The Kier molecular flexibility index (Phi) is 10.2. The highest BCUT2D eigenvalue weighted by molar-refractivity contribution is 5.87. The molecule has 10 heteroatoms. The SMILES string of the molecule is O=C(O[C@H]1CN2CCC1CC2)C(O)(c1ccccc1)c1ccc(OCCCCCNCC(O)c2ccc(O)c3[nH]c(=O)ccc23)cc1.